The van der Waals surface area contributed by atoms with E-state index in [-0.39, 0.29) is 11.9 Å². The number of halogens is 1. The second-order valence-corrected chi connectivity index (χ2v) is 5.56. The molecule has 3 nitrogen and oxygen atoms in total. The molecule has 20 heavy (non-hydrogen) atoms. The molecule has 0 amide bonds. The summed E-state index contributed by atoms with van der Waals surface area (Å²) in [6, 6.07) is 4.94. The molecule has 1 saturated carbocycles. The Balaban J connectivity index is 1.73. The zero-order chi connectivity index (χ0) is 14.4. The summed E-state index contributed by atoms with van der Waals surface area (Å²) in [7, 11) is 0. The fourth-order valence-corrected chi connectivity index (χ4v) is 2.61. The molecule has 0 radical (unpaired) electrons. The first-order valence-electron chi connectivity index (χ1n) is 7.45. The molecule has 0 spiro atoms. The summed E-state index contributed by atoms with van der Waals surface area (Å²) in [5.74, 6) is -0.287. The standard InChI is InChI=1S/C16H24FNO2/c1-12-6-5-9-15(17)16(12)18-10-13(19)11-20-14-7-3-2-4-8-14/h5-6,9,13-14,18-19H,2-4,7-8,10-11H2,1H3. The van der Waals surface area contributed by atoms with Gasteiger partial charge in [-0.1, -0.05) is 31.4 Å². The lowest BCUT2D eigenvalue weighted by atomic mass is 9.98. The minimum atomic E-state index is -0.615. The smallest absolute Gasteiger partial charge is 0.146 e. The van der Waals surface area contributed by atoms with Crippen molar-refractivity contribution >= 4 is 5.69 Å². The highest BCUT2D eigenvalue weighted by molar-refractivity contribution is 5.51. The highest BCUT2D eigenvalue weighted by atomic mass is 19.1. The number of aryl methyl sites for hydroxylation is 1. The highest BCUT2D eigenvalue weighted by Crippen LogP contribution is 2.21. The van der Waals surface area contributed by atoms with E-state index in [4.69, 9.17) is 4.74 Å². The highest BCUT2D eigenvalue weighted by Gasteiger charge is 2.16. The first kappa shape index (κ1) is 15.3. The first-order valence-corrected chi connectivity index (χ1v) is 7.45. The normalized spacial score (nSPS) is 17.9. The van der Waals surface area contributed by atoms with Crippen LogP contribution in [0.15, 0.2) is 18.2 Å². The van der Waals surface area contributed by atoms with E-state index in [0.29, 0.717) is 18.8 Å². The van der Waals surface area contributed by atoms with Gasteiger partial charge in [-0.3, -0.25) is 0 Å². The summed E-state index contributed by atoms with van der Waals surface area (Å²) in [6.07, 6.45) is 5.57. The second-order valence-electron chi connectivity index (χ2n) is 5.56. The summed E-state index contributed by atoms with van der Waals surface area (Å²) >= 11 is 0. The van der Waals surface area contributed by atoms with E-state index in [1.165, 1.54) is 25.3 Å². The zero-order valence-corrected chi connectivity index (χ0v) is 12.1. The minimum absolute atomic E-state index is 0.286. The molecule has 1 aliphatic rings. The second kappa shape index (κ2) is 7.60. The molecule has 0 aliphatic heterocycles. The number of aliphatic hydroxyl groups is 1. The van der Waals surface area contributed by atoms with Gasteiger partial charge in [-0.2, -0.15) is 0 Å². The minimum Gasteiger partial charge on any atom is -0.389 e. The van der Waals surface area contributed by atoms with Crippen molar-refractivity contribution in [2.75, 3.05) is 18.5 Å². The summed E-state index contributed by atoms with van der Waals surface area (Å²) in [6.45, 7) is 2.45. The maximum absolute atomic E-state index is 13.6. The summed E-state index contributed by atoms with van der Waals surface area (Å²) in [5.41, 5.74) is 1.30. The van der Waals surface area contributed by atoms with Crippen molar-refractivity contribution in [3.05, 3.63) is 29.6 Å². The van der Waals surface area contributed by atoms with Crippen LogP contribution in [0.5, 0.6) is 0 Å². The third kappa shape index (κ3) is 4.46. The van der Waals surface area contributed by atoms with Crippen molar-refractivity contribution < 1.29 is 14.2 Å². The largest absolute Gasteiger partial charge is 0.389 e. The topological polar surface area (TPSA) is 41.5 Å². The Labute approximate surface area is 120 Å². The molecule has 112 valence electrons. The van der Waals surface area contributed by atoms with Gasteiger partial charge >= 0.3 is 0 Å². The van der Waals surface area contributed by atoms with Crippen molar-refractivity contribution in [3.8, 4) is 0 Å². The van der Waals surface area contributed by atoms with Crippen LogP contribution in [0.4, 0.5) is 10.1 Å². The lowest BCUT2D eigenvalue weighted by Crippen LogP contribution is -2.29. The molecule has 1 aromatic carbocycles. The number of ether oxygens (including phenoxy) is 1. The van der Waals surface area contributed by atoms with E-state index in [2.05, 4.69) is 5.32 Å². The van der Waals surface area contributed by atoms with Crippen LogP contribution in [-0.2, 0) is 4.74 Å². The van der Waals surface area contributed by atoms with Crippen molar-refractivity contribution in [3.63, 3.8) is 0 Å². The Morgan fingerprint density at radius 1 is 1.35 bits per heavy atom. The van der Waals surface area contributed by atoms with Gasteiger partial charge in [-0.05, 0) is 31.4 Å². The third-order valence-corrected chi connectivity index (χ3v) is 3.81. The molecule has 0 heterocycles. The number of rotatable bonds is 6. The van der Waals surface area contributed by atoms with Crippen LogP contribution >= 0.6 is 0 Å². The summed E-state index contributed by atoms with van der Waals surface area (Å²) < 4.78 is 19.3. The molecule has 2 rings (SSSR count). The number of hydrogen-bond donors (Lipinski definition) is 2. The number of nitrogens with one attached hydrogen (secondary N) is 1. The van der Waals surface area contributed by atoms with Crippen LogP contribution in [0.1, 0.15) is 37.7 Å². The number of aliphatic hydroxyl groups excluding tert-OH is 1. The molecular formula is C16H24FNO2. The van der Waals surface area contributed by atoms with E-state index < -0.39 is 6.10 Å². The Kier molecular flexibility index (Phi) is 5.80. The van der Waals surface area contributed by atoms with Crippen LogP contribution in [0.3, 0.4) is 0 Å². The maximum Gasteiger partial charge on any atom is 0.146 e. The van der Waals surface area contributed by atoms with Gasteiger partial charge in [-0.15, -0.1) is 0 Å². The van der Waals surface area contributed by atoms with Crippen molar-refractivity contribution in [1.82, 2.24) is 0 Å². The Bertz CT molecular complexity index is 399. The molecule has 1 atom stereocenters. The van der Waals surface area contributed by atoms with E-state index in [1.807, 2.05) is 13.0 Å². The number of para-hydroxylation sites is 1. The molecule has 0 saturated heterocycles. The molecule has 1 aliphatic carbocycles. The van der Waals surface area contributed by atoms with E-state index in [0.717, 1.165) is 18.4 Å². The van der Waals surface area contributed by atoms with Gasteiger partial charge in [0.1, 0.15) is 5.82 Å². The van der Waals surface area contributed by atoms with Gasteiger partial charge in [0.25, 0.3) is 0 Å². The first-order chi connectivity index (χ1) is 9.66. The Hall–Kier alpha value is -1.13. The van der Waals surface area contributed by atoms with Gasteiger partial charge < -0.3 is 15.2 Å². The fraction of sp³-hybridized carbons (Fsp3) is 0.625. The number of benzene rings is 1. The van der Waals surface area contributed by atoms with E-state index >= 15 is 0 Å². The quantitative estimate of drug-likeness (QED) is 0.841. The van der Waals surface area contributed by atoms with Gasteiger partial charge in [0.15, 0.2) is 0 Å². The van der Waals surface area contributed by atoms with Crippen molar-refractivity contribution in [1.29, 1.82) is 0 Å². The fourth-order valence-electron chi connectivity index (χ4n) is 2.61. The third-order valence-electron chi connectivity index (χ3n) is 3.81. The molecule has 0 bridgehead atoms. The van der Waals surface area contributed by atoms with Crippen LogP contribution in [0, 0.1) is 12.7 Å². The molecule has 0 aromatic heterocycles. The molecule has 4 heteroatoms. The molecule has 2 N–H and O–H groups in total. The lowest BCUT2D eigenvalue weighted by molar-refractivity contribution is -0.0195. The average molecular weight is 281 g/mol. The molecular weight excluding hydrogens is 257 g/mol. The SMILES string of the molecule is Cc1cccc(F)c1NCC(O)COC1CCCCC1. The Morgan fingerprint density at radius 3 is 2.80 bits per heavy atom. The van der Waals surface area contributed by atoms with Crippen molar-refractivity contribution in [2.24, 2.45) is 0 Å². The monoisotopic (exact) mass is 281 g/mol. The summed E-state index contributed by atoms with van der Waals surface area (Å²) in [5, 5.41) is 12.9. The Morgan fingerprint density at radius 2 is 2.10 bits per heavy atom. The number of hydrogen-bond acceptors (Lipinski definition) is 3. The predicted octanol–water partition coefficient (Wildman–Crippen LogP) is 3.26. The van der Waals surface area contributed by atoms with Crippen LogP contribution < -0.4 is 5.32 Å². The van der Waals surface area contributed by atoms with Crippen LogP contribution in [0.25, 0.3) is 0 Å². The van der Waals surface area contributed by atoms with Gasteiger partial charge in [0.2, 0.25) is 0 Å². The summed E-state index contributed by atoms with van der Waals surface area (Å²) in [4.78, 5) is 0. The van der Waals surface area contributed by atoms with E-state index in [9.17, 15) is 9.50 Å². The predicted molar refractivity (Wildman–Crippen MR) is 78.5 cm³/mol. The van der Waals surface area contributed by atoms with Gasteiger partial charge in [-0.25, -0.2) is 4.39 Å². The average Bonchev–Trinajstić information content (AvgIpc) is 2.46. The molecule has 1 aromatic rings. The van der Waals surface area contributed by atoms with Crippen molar-refractivity contribution in [2.45, 2.75) is 51.2 Å². The zero-order valence-electron chi connectivity index (χ0n) is 12.1. The van der Waals surface area contributed by atoms with E-state index in [1.54, 1.807) is 6.07 Å². The van der Waals surface area contributed by atoms with Crippen LogP contribution in [-0.4, -0.2) is 30.5 Å². The van der Waals surface area contributed by atoms with Gasteiger partial charge in [0.05, 0.1) is 24.5 Å². The van der Waals surface area contributed by atoms with Crippen LogP contribution in [0.2, 0.25) is 0 Å². The number of anilines is 1. The molecule has 1 unspecified atom stereocenters. The van der Waals surface area contributed by atoms with Gasteiger partial charge in [0, 0.05) is 6.54 Å². The lowest BCUT2D eigenvalue weighted by Gasteiger charge is -2.23. The molecule has 1 fully saturated rings. The maximum atomic E-state index is 13.6.